The van der Waals surface area contributed by atoms with Gasteiger partial charge in [-0.3, -0.25) is 0 Å². The third-order valence-corrected chi connectivity index (χ3v) is 6.61. The molecule has 0 aliphatic heterocycles. The van der Waals surface area contributed by atoms with E-state index < -0.39 is 99.2 Å². The van der Waals surface area contributed by atoms with Gasteiger partial charge in [-0.25, -0.2) is 0 Å². The molecule has 2 rings (SSSR count). The molecule has 0 fully saturated rings. The Kier molecular flexibility index (Phi) is 8.49. The van der Waals surface area contributed by atoms with E-state index in [9.17, 15) is 89.2 Å². The lowest BCUT2D eigenvalue weighted by Gasteiger charge is -2.41. The van der Waals surface area contributed by atoms with Crippen molar-refractivity contribution in [2.24, 2.45) is 0 Å². The molecule has 0 unspecified atom stereocenters. The van der Waals surface area contributed by atoms with E-state index in [1.165, 1.54) is 0 Å². The van der Waals surface area contributed by atoms with Crippen molar-refractivity contribution in [2.75, 3.05) is 0 Å². The molecule has 0 spiro atoms. The molecule has 2 aromatic carbocycles. The van der Waals surface area contributed by atoms with E-state index in [2.05, 4.69) is 0 Å². The van der Waals surface area contributed by atoms with Crippen LogP contribution in [0.15, 0.2) is 36.4 Å². The molecule has 0 aromatic heterocycles. The van der Waals surface area contributed by atoms with E-state index >= 15 is 0 Å². The summed E-state index contributed by atoms with van der Waals surface area (Å²) in [5, 5.41) is 19.3. The summed E-state index contributed by atoms with van der Waals surface area (Å²) in [6.45, 7) is 0.641. The van der Waals surface area contributed by atoms with Crippen molar-refractivity contribution < 1.29 is 89.2 Å². The summed E-state index contributed by atoms with van der Waals surface area (Å²) in [6, 6.07) is -2.95. The van der Waals surface area contributed by atoms with Crippen molar-refractivity contribution >= 4 is 0 Å². The standard InChI is InChI=1S/C23H14F18O2/c1-9-3-5-11(7-13(9)16(42,20(30,31)32)21(33,34)35)15(18(24,25)26,19(27,28)29)12-6-4-10(2)14(8-12)17(43,22(36,37)38)23(39,40)41/h3-8,42-43H,1-2H3. The van der Waals surface area contributed by atoms with Gasteiger partial charge in [0, 0.05) is 11.1 Å². The Balaban J connectivity index is 3.27. The maximum Gasteiger partial charge on any atom is 0.430 e. The Morgan fingerprint density at radius 2 is 0.628 bits per heavy atom. The van der Waals surface area contributed by atoms with Crippen LogP contribution in [0.2, 0.25) is 0 Å². The highest BCUT2D eigenvalue weighted by atomic mass is 19.4. The molecule has 2 aromatic rings. The van der Waals surface area contributed by atoms with Crippen LogP contribution in [0, 0.1) is 13.8 Å². The van der Waals surface area contributed by atoms with Crippen LogP contribution in [-0.4, -0.2) is 47.3 Å². The number of rotatable bonds is 4. The van der Waals surface area contributed by atoms with Gasteiger partial charge in [0.15, 0.2) is 0 Å². The van der Waals surface area contributed by atoms with Crippen LogP contribution in [0.4, 0.5) is 79.0 Å². The molecule has 0 saturated heterocycles. The third-order valence-electron chi connectivity index (χ3n) is 6.61. The lowest BCUT2D eigenvalue weighted by atomic mass is 9.70. The largest absolute Gasteiger partial charge is 0.430 e. The first-order chi connectivity index (χ1) is 18.7. The van der Waals surface area contributed by atoms with Gasteiger partial charge in [0.1, 0.15) is 0 Å². The minimum Gasteiger partial charge on any atom is -0.369 e. The zero-order valence-electron chi connectivity index (χ0n) is 20.7. The number of benzene rings is 2. The van der Waals surface area contributed by atoms with Gasteiger partial charge in [0.2, 0.25) is 5.41 Å². The molecular weight excluding hydrogens is 650 g/mol. The van der Waals surface area contributed by atoms with E-state index in [1.807, 2.05) is 0 Å². The van der Waals surface area contributed by atoms with Crippen molar-refractivity contribution in [2.45, 2.75) is 67.5 Å². The number of aryl methyl sites for hydroxylation is 2. The highest BCUT2D eigenvalue weighted by Crippen LogP contribution is 2.59. The monoisotopic (exact) mass is 664 g/mol. The van der Waals surface area contributed by atoms with E-state index in [0.29, 0.717) is 13.8 Å². The van der Waals surface area contributed by atoms with Crippen molar-refractivity contribution in [3.63, 3.8) is 0 Å². The van der Waals surface area contributed by atoms with Crippen LogP contribution in [0.25, 0.3) is 0 Å². The Morgan fingerprint density at radius 3 is 0.814 bits per heavy atom. The lowest BCUT2D eigenvalue weighted by molar-refractivity contribution is -0.377. The second-order valence-electron chi connectivity index (χ2n) is 9.22. The highest BCUT2D eigenvalue weighted by molar-refractivity contribution is 5.51. The second kappa shape index (κ2) is 10.1. The zero-order valence-corrected chi connectivity index (χ0v) is 20.7. The molecule has 0 aliphatic carbocycles. The summed E-state index contributed by atoms with van der Waals surface area (Å²) in [7, 11) is 0. The topological polar surface area (TPSA) is 40.5 Å². The van der Waals surface area contributed by atoms with Crippen molar-refractivity contribution in [3.05, 3.63) is 69.8 Å². The Morgan fingerprint density at radius 1 is 0.395 bits per heavy atom. The molecule has 0 bridgehead atoms. The van der Waals surface area contributed by atoms with Crippen LogP contribution >= 0.6 is 0 Å². The second-order valence-corrected chi connectivity index (χ2v) is 9.22. The molecule has 2 N–H and O–H groups in total. The number of hydrogen-bond acceptors (Lipinski definition) is 2. The van der Waals surface area contributed by atoms with E-state index in [0.717, 1.165) is 0 Å². The Labute approximate surface area is 227 Å². The molecule has 0 atom stereocenters. The van der Waals surface area contributed by atoms with Gasteiger partial charge in [-0.2, -0.15) is 79.0 Å². The summed E-state index contributed by atoms with van der Waals surface area (Å²) < 4.78 is 249. The normalized spacial score (nSPS) is 15.2. The van der Waals surface area contributed by atoms with Crippen molar-refractivity contribution in [1.29, 1.82) is 0 Å². The average molecular weight is 664 g/mol. The molecule has 0 aliphatic rings. The first-order valence-electron chi connectivity index (χ1n) is 10.8. The molecule has 2 nitrogen and oxygen atoms in total. The van der Waals surface area contributed by atoms with Gasteiger partial charge >= 0.3 is 37.1 Å². The minimum absolute atomic E-state index is 0.143. The number of aliphatic hydroxyl groups is 2. The molecule has 43 heavy (non-hydrogen) atoms. The van der Waals surface area contributed by atoms with Crippen LogP contribution in [-0.2, 0) is 16.6 Å². The van der Waals surface area contributed by atoms with E-state index in [4.69, 9.17) is 0 Å². The fraction of sp³-hybridized carbons (Fsp3) is 0.478. The minimum atomic E-state index is -6.96. The molecule has 20 heteroatoms. The fourth-order valence-corrected chi connectivity index (χ4v) is 4.40. The lowest BCUT2D eigenvalue weighted by Crippen LogP contribution is -2.57. The molecule has 0 radical (unpaired) electrons. The van der Waals surface area contributed by atoms with Gasteiger partial charge < -0.3 is 10.2 Å². The van der Waals surface area contributed by atoms with Crippen molar-refractivity contribution in [3.8, 4) is 0 Å². The summed E-state index contributed by atoms with van der Waals surface area (Å²) >= 11 is 0. The van der Waals surface area contributed by atoms with Crippen LogP contribution in [0.1, 0.15) is 33.4 Å². The molecule has 0 saturated carbocycles. The van der Waals surface area contributed by atoms with Gasteiger partial charge in [-0.1, -0.05) is 36.4 Å². The zero-order chi connectivity index (χ0) is 34.2. The van der Waals surface area contributed by atoms with Crippen LogP contribution < -0.4 is 0 Å². The van der Waals surface area contributed by atoms with Gasteiger partial charge in [0.05, 0.1) is 0 Å². The predicted molar refractivity (Wildman–Crippen MR) is 107 cm³/mol. The summed E-state index contributed by atoms with van der Waals surface area (Å²) in [5.41, 5.74) is -31.3. The summed E-state index contributed by atoms with van der Waals surface area (Å²) in [5.74, 6) is 0. The number of alkyl halides is 18. The molecule has 0 amide bonds. The summed E-state index contributed by atoms with van der Waals surface area (Å²) in [4.78, 5) is 0. The third kappa shape index (κ3) is 5.27. The fourth-order valence-electron chi connectivity index (χ4n) is 4.40. The van der Waals surface area contributed by atoms with Crippen molar-refractivity contribution in [1.82, 2.24) is 0 Å². The quantitative estimate of drug-likeness (QED) is 0.323. The number of hydrogen-bond donors (Lipinski definition) is 2. The first-order valence-corrected chi connectivity index (χ1v) is 10.8. The van der Waals surface area contributed by atoms with E-state index in [-0.39, 0.29) is 24.3 Å². The molecule has 244 valence electrons. The van der Waals surface area contributed by atoms with Gasteiger partial charge in [-0.05, 0) is 36.1 Å². The maximum absolute atomic E-state index is 14.5. The van der Waals surface area contributed by atoms with Gasteiger partial charge in [-0.15, -0.1) is 0 Å². The summed E-state index contributed by atoms with van der Waals surface area (Å²) in [6.07, 6.45) is -41.3. The SMILES string of the molecule is Cc1ccc(C(c2ccc(C)c(C(O)(C(F)(F)F)C(F)(F)F)c2)(C(F)(F)F)C(F)(F)F)cc1C(O)(C(F)(F)F)C(F)(F)F. The van der Waals surface area contributed by atoms with Crippen LogP contribution in [0.3, 0.4) is 0 Å². The maximum atomic E-state index is 14.5. The highest BCUT2D eigenvalue weighted by Gasteiger charge is 2.76. The van der Waals surface area contributed by atoms with E-state index in [1.54, 1.807) is 0 Å². The van der Waals surface area contributed by atoms with Gasteiger partial charge in [0.25, 0.3) is 11.2 Å². The Hall–Kier alpha value is -2.90. The average Bonchev–Trinajstić information content (AvgIpc) is 2.75. The molecule has 0 heterocycles. The van der Waals surface area contributed by atoms with Crippen LogP contribution in [0.5, 0.6) is 0 Å². The first kappa shape index (κ1) is 36.3. The predicted octanol–water partition coefficient (Wildman–Crippen LogP) is 8.34. The Bertz CT molecular complexity index is 1210. The smallest absolute Gasteiger partial charge is 0.369 e. The molecular formula is C23H14F18O2. The number of halogens is 18.